The van der Waals surface area contributed by atoms with E-state index in [0.29, 0.717) is 12.0 Å². The van der Waals surface area contributed by atoms with Crippen molar-refractivity contribution in [3.05, 3.63) is 74.8 Å². The van der Waals surface area contributed by atoms with Gasteiger partial charge in [0.25, 0.3) is 5.69 Å². The van der Waals surface area contributed by atoms with E-state index in [-0.39, 0.29) is 16.1 Å². The summed E-state index contributed by atoms with van der Waals surface area (Å²) in [5, 5.41) is 10.6. The topological polar surface area (TPSA) is 43.1 Å². The van der Waals surface area contributed by atoms with Crippen molar-refractivity contribution in [1.82, 2.24) is 0 Å². The Hall–Kier alpha value is -1.58. The van der Waals surface area contributed by atoms with E-state index in [9.17, 15) is 10.1 Å². The molecule has 98 valence electrons. The Balaban J connectivity index is 2.22. The first-order valence-corrected chi connectivity index (χ1v) is 6.51. The largest absolute Gasteiger partial charge is 0.288 e. The maximum atomic E-state index is 10.8. The summed E-state index contributed by atoms with van der Waals surface area (Å²) < 4.78 is 0. The van der Waals surface area contributed by atoms with Crippen molar-refractivity contribution >= 4 is 28.9 Å². The van der Waals surface area contributed by atoms with E-state index >= 15 is 0 Å². The fourth-order valence-corrected chi connectivity index (χ4v) is 2.30. The SMILES string of the molecule is O=[N+]([O-])c1cc(C(Cl)Cc2ccccc2)ccc1Cl. The molecule has 0 aromatic heterocycles. The van der Waals surface area contributed by atoms with Crippen molar-refractivity contribution < 1.29 is 4.92 Å². The minimum absolute atomic E-state index is 0.113. The predicted octanol–water partition coefficient (Wildman–Crippen LogP) is 4.77. The number of nitro groups is 1. The number of alkyl halides is 1. The zero-order chi connectivity index (χ0) is 13.8. The van der Waals surface area contributed by atoms with Gasteiger partial charge in [-0.25, -0.2) is 0 Å². The van der Waals surface area contributed by atoms with Crippen LogP contribution in [0.4, 0.5) is 5.69 Å². The van der Waals surface area contributed by atoms with Crippen LogP contribution in [0.3, 0.4) is 0 Å². The van der Waals surface area contributed by atoms with Gasteiger partial charge in [0.15, 0.2) is 0 Å². The van der Waals surface area contributed by atoms with E-state index in [0.717, 1.165) is 5.56 Å². The molecule has 0 bridgehead atoms. The summed E-state index contributed by atoms with van der Waals surface area (Å²) >= 11 is 12.1. The van der Waals surface area contributed by atoms with Crippen molar-refractivity contribution in [2.75, 3.05) is 0 Å². The van der Waals surface area contributed by atoms with Gasteiger partial charge in [0.05, 0.1) is 10.3 Å². The number of halogens is 2. The fraction of sp³-hybridized carbons (Fsp3) is 0.143. The van der Waals surface area contributed by atoms with Crippen LogP contribution in [0.5, 0.6) is 0 Å². The van der Waals surface area contributed by atoms with E-state index in [4.69, 9.17) is 23.2 Å². The highest BCUT2D eigenvalue weighted by atomic mass is 35.5. The molecule has 0 spiro atoms. The molecule has 0 amide bonds. The van der Waals surface area contributed by atoms with Gasteiger partial charge in [-0.05, 0) is 23.6 Å². The summed E-state index contributed by atoms with van der Waals surface area (Å²) in [6.07, 6.45) is 0.612. The third-order valence-electron chi connectivity index (χ3n) is 2.79. The van der Waals surface area contributed by atoms with Crippen molar-refractivity contribution in [3.8, 4) is 0 Å². The van der Waals surface area contributed by atoms with Crippen LogP contribution in [0, 0.1) is 10.1 Å². The molecule has 2 aromatic carbocycles. The molecular formula is C14H11Cl2NO2. The van der Waals surface area contributed by atoms with Crippen molar-refractivity contribution in [2.24, 2.45) is 0 Å². The maximum Gasteiger partial charge on any atom is 0.288 e. The lowest BCUT2D eigenvalue weighted by atomic mass is 10.0. The molecule has 0 aliphatic heterocycles. The smallest absolute Gasteiger partial charge is 0.258 e. The highest BCUT2D eigenvalue weighted by Crippen LogP contribution is 2.31. The van der Waals surface area contributed by atoms with Crippen LogP contribution in [0.25, 0.3) is 0 Å². The molecule has 0 saturated heterocycles. The third-order valence-corrected chi connectivity index (χ3v) is 3.51. The highest BCUT2D eigenvalue weighted by Gasteiger charge is 2.17. The molecule has 0 heterocycles. The molecule has 0 aliphatic carbocycles. The molecule has 2 aromatic rings. The van der Waals surface area contributed by atoms with Gasteiger partial charge in [-0.15, -0.1) is 11.6 Å². The molecule has 5 heteroatoms. The zero-order valence-electron chi connectivity index (χ0n) is 9.92. The van der Waals surface area contributed by atoms with E-state index in [1.54, 1.807) is 6.07 Å². The van der Waals surface area contributed by atoms with E-state index in [2.05, 4.69) is 0 Å². The number of nitrogens with zero attached hydrogens (tertiary/aromatic N) is 1. The van der Waals surface area contributed by atoms with Crippen molar-refractivity contribution in [3.63, 3.8) is 0 Å². The minimum Gasteiger partial charge on any atom is -0.258 e. The predicted molar refractivity (Wildman–Crippen MR) is 76.8 cm³/mol. The average Bonchev–Trinajstić information content (AvgIpc) is 2.40. The van der Waals surface area contributed by atoms with Crippen LogP contribution in [-0.2, 0) is 6.42 Å². The molecular weight excluding hydrogens is 285 g/mol. The normalized spacial score (nSPS) is 12.1. The molecule has 0 aliphatic rings. The molecule has 1 unspecified atom stereocenters. The summed E-state index contributed by atoms with van der Waals surface area (Å²) in [4.78, 5) is 10.3. The zero-order valence-corrected chi connectivity index (χ0v) is 11.4. The number of hydrogen-bond donors (Lipinski definition) is 0. The first-order valence-electron chi connectivity index (χ1n) is 5.70. The summed E-state index contributed by atoms with van der Waals surface area (Å²) in [6, 6.07) is 14.4. The number of nitro benzene ring substituents is 1. The van der Waals surface area contributed by atoms with E-state index < -0.39 is 4.92 Å². The van der Waals surface area contributed by atoms with Crippen LogP contribution in [0.1, 0.15) is 16.5 Å². The Morgan fingerprint density at radius 3 is 2.47 bits per heavy atom. The average molecular weight is 296 g/mol. The van der Waals surface area contributed by atoms with Gasteiger partial charge in [-0.3, -0.25) is 10.1 Å². The fourth-order valence-electron chi connectivity index (χ4n) is 1.80. The van der Waals surface area contributed by atoms with Gasteiger partial charge in [0.2, 0.25) is 0 Å². The second-order valence-electron chi connectivity index (χ2n) is 4.13. The maximum absolute atomic E-state index is 10.8. The Kier molecular flexibility index (Phi) is 4.40. The second kappa shape index (κ2) is 6.04. The molecule has 0 fully saturated rings. The van der Waals surface area contributed by atoms with Crippen LogP contribution >= 0.6 is 23.2 Å². The monoisotopic (exact) mass is 295 g/mol. The van der Waals surface area contributed by atoms with Gasteiger partial charge >= 0.3 is 0 Å². The Bertz CT molecular complexity index is 587. The lowest BCUT2D eigenvalue weighted by Crippen LogP contribution is -1.98. The molecule has 3 nitrogen and oxygen atoms in total. The Labute approximate surface area is 120 Å². The first-order chi connectivity index (χ1) is 9.08. The quantitative estimate of drug-likeness (QED) is 0.463. The summed E-state index contributed by atoms with van der Waals surface area (Å²) in [5.74, 6) is 0. The van der Waals surface area contributed by atoms with Gasteiger partial charge in [0.1, 0.15) is 5.02 Å². The number of rotatable bonds is 4. The van der Waals surface area contributed by atoms with Crippen LogP contribution in [-0.4, -0.2) is 4.92 Å². The van der Waals surface area contributed by atoms with Crippen LogP contribution in [0.2, 0.25) is 5.02 Å². The summed E-state index contributed by atoms with van der Waals surface area (Å²) in [7, 11) is 0. The molecule has 1 atom stereocenters. The molecule has 0 radical (unpaired) electrons. The molecule has 19 heavy (non-hydrogen) atoms. The third kappa shape index (κ3) is 3.46. The summed E-state index contributed by atoms with van der Waals surface area (Å²) in [6.45, 7) is 0. The van der Waals surface area contributed by atoms with Gasteiger partial charge in [0, 0.05) is 6.07 Å². The molecule has 0 saturated carbocycles. The lowest BCUT2D eigenvalue weighted by molar-refractivity contribution is -0.384. The van der Waals surface area contributed by atoms with Gasteiger partial charge in [-0.2, -0.15) is 0 Å². The number of hydrogen-bond acceptors (Lipinski definition) is 2. The Morgan fingerprint density at radius 2 is 1.84 bits per heavy atom. The lowest BCUT2D eigenvalue weighted by Gasteiger charge is -2.10. The van der Waals surface area contributed by atoms with E-state index in [1.165, 1.54) is 12.1 Å². The summed E-state index contributed by atoms with van der Waals surface area (Å²) in [5.41, 5.74) is 1.67. The Morgan fingerprint density at radius 1 is 1.16 bits per heavy atom. The molecule has 0 N–H and O–H groups in total. The van der Waals surface area contributed by atoms with Crippen molar-refractivity contribution in [1.29, 1.82) is 0 Å². The van der Waals surface area contributed by atoms with Crippen LogP contribution in [0.15, 0.2) is 48.5 Å². The van der Waals surface area contributed by atoms with Gasteiger partial charge in [-0.1, -0.05) is 48.0 Å². The standard InChI is InChI=1S/C14H11Cl2NO2/c15-12-7-6-11(9-14(12)17(18)19)13(16)8-10-4-2-1-3-5-10/h1-7,9,13H,8H2. The van der Waals surface area contributed by atoms with Crippen LogP contribution < -0.4 is 0 Å². The second-order valence-corrected chi connectivity index (χ2v) is 5.06. The minimum atomic E-state index is -0.502. The van der Waals surface area contributed by atoms with E-state index in [1.807, 2.05) is 30.3 Å². The highest BCUT2D eigenvalue weighted by molar-refractivity contribution is 6.32. The van der Waals surface area contributed by atoms with Gasteiger partial charge < -0.3 is 0 Å². The molecule has 2 rings (SSSR count). The first kappa shape index (κ1) is 13.8. The number of benzene rings is 2. The van der Waals surface area contributed by atoms with Crippen molar-refractivity contribution in [2.45, 2.75) is 11.8 Å².